The van der Waals surface area contributed by atoms with Crippen molar-refractivity contribution in [3.63, 3.8) is 0 Å². The van der Waals surface area contributed by atoms with Crippen molar-refractivity contribution in [1.29, 1.82) is 0 Å². The molecular formula is C11H17N3OS. The molecule has 1 aromatic heterocycles. The van der Waals surface area contributed by atoms with E-state index in [4.69, 9.17) is 0 Å². The first kappa shape index (κ1) is 11.5. The molecule has 0 bridgehead atoms. The summed E-state index contributed by atoms with van der Waals surface area (Å²) in [7, 11) is 1.85. The van der Waals surface area contributed by atoms with Crippen LogP contribution in [0, 0.1) is 6.92 Å². The van der Waals surface area contributed by atoms with Gasteiger partial charge in [-0.2, -0.15) is 0 Å². The number of amides is 1. The fourth-order valence-electron chi connectivity index (χ4n) is 2.01. The van der Waals surface area contributed by atoms with Crippen molar-refractivity contribution in [3.05, 3.63) is 10.4 Å². The van der Waals surface area contributed by atoms with Crippen molar-refractivity contribution < 1.29 is 4.79 Å². The molecule has 0 saturated carbocycles. The van der Waals surface area contributed by atoms with Crippen molar-refractivity contribution in [1.82, 2.24) is 10.3 Å². The summed E-state index contributed by atoms with van der Waals surface area (Å²) < 4.78 is 0. The van der Waals surface area contributed by atoms with Gasteiger partial charge in [0.1, 0.15) is 5.82 Å². The lowest BCUT2D eigenvalue weighted by atomic mass is 10.1. The topological polar surface area (TPSA) is 45.2 Å². The number of thiazole rings is 1. The zero-order chi connectivity index (χ0) is 11.5. The molecule has 1 atom stereocenters. The number of aromatic nitrogens is 1. The van der Waals surface area contributed by atoms with E-state index in [1.807, 2.05) is 24.3 Å². The number of carbonyl (C=O) groups is 1. The quantitative estimate of drug-likeness (QED) is 0.852. The van der Waals surface area contributed by atoms with Crippen LogP contribution in [-0.4, -0.2) is 30.5 Å². The van der Waals surface area contributed by atoms with Gasteiger partial charge in [0.15, 0.2) is 0 Å². The first-order chi connectivity index (χ1) is 7.72. The minimum Gasteiger partial charge on any atom is -0.309 e. The number of hydrogen-bond donors (Lipinski definition) is 1. The highest BCUT2D eigenvalue weighted by molar-refractivity contribution is 7.09. The van der Waals surface area contributed by atoms with Crippen LogP contribution in [0.2, 0.25) is 0 Å². The van der Waals surface area contributed by atoms with E-state index in [1.54, 1.807) is 11.3 Å². The van der Waals surface area contributed by atoms with Gasteiger partial charge in [0.2, 0.25) is 5.91 Å². The Hall–Kier alpha value is -0.940. The molecule has 0 aromatic carbocycles. The highest BCUT2D eigenvalue weighted by Crippen LogP contribution is 2.22. The molecule has 4 nitrogen and oxygen atoms in total. The predicted octanol–water partition coefficient (Wildman–Crippen LogP) is 1.56. The van der Waals surface area contributed by atoms with Crippen LogP contribution in [0.1, 0.15) is 24.3 Å². The van der Waals surface area contributed by atoms with Gasteiger partial charge >= 0.3 is 0 Å². The Morgan fingerprint density at radius 3 is 3.00 bits per heavy atom. The second-order valence-electron chi connectivity index (χ2n) is 4.05. The first-order valence-electron chi connectivity index (χ1n) is 5.63. The zero-order valence-electron chi connectivity index (χ0n) is 9.69. The smallest absolute Gasteiger partial charge is 0.245 e. The molecule has 2 rings (SSSR count). The van der Waals surface area contributed by atoms with Crippen LogP contribution in [0.25, 0.3) is 0 Å². The van der Waals surface area contributed by atoms with Crippen molar-refractivity contribution in [2.75, 3.05) is 18.5 Å². The SMILES string of the molecule is CNC1CCCCN(c2csc(C)n2)C1=O. The fraction of sp³-hybridized carbons (Fsp3) is 0.636. The third-order valence-electron chi connectivity index (χ3n) is 2.92. The van der Waals surface area contributed by atoms with E-state index in [0.717, 1.165) is 36.6 Å². The summed E-state index contributed by atoms with van der Waals surface area (Å²) in [5, 5.41) is 6.06. The van der Waals surface area contributed by atoms with Gasteiger partial charge in [-0.3, -0.25) is 9.69 Å². The molecule has 1 N–H and O–H groups in total. The maximum atomic E-state index is 12.2. The molecule has 2 heterocycles. The summed E-state index contributed by atoms with van der Waals surface area (Å²) in [6.07, 6.45) is 3.08. The molecule has 0 radical (unpaired) electrons. The van der Waals surface area contributed by atoms with Crippen molar-refractivity contribution in [3.8, 4) is 0 Å². The largest absolute Gasteiger partial charge is 0.309 e. The van der Waals surface area contributed by atoms with Gasteiger partial charge in [-0.1, -0.05) is 0 Å². The van der Waals surface area contributed by atoms with Crippen molar-refractivity contribution in [2.45, 2.75) is 32.2 Å². The molecule has 1 aliphatic heterocycles. The molecule has 16 heavy (non-hydrogen) atoms. The van der Waals surface area contributed by atoms with Gasteiger partial charge in [-0.15, -0.1) is 11.3 Å². The lowest BCUT2D eigenvalue weighted by Gasteiger charge is -2.21. The Kier molecular flexibility index (Phi) is 3.56. The molecule has 1 amide bonds. The average molecular weight is 239 g/mol. The normalized spacial score (nSPS) is 22.2. The Bertz CT molecular complexity index is 377. The number of nitrogens with one attached hydrogen (secondary N) is 1. The predicted molar refractivity (Wildman–Crippen MR) is 65.9 cm³/mol. The second-order valence-corrected chi connectivity index (χ2v) is 5.11. The molecule has 1 unspecified atom stereocenters. The van der Waals surface area contributed by atoms with Gasteiger partial charge < -0.3 is 5.32 Å². The number of anilines is 1. The van der Waals surface area contributed by atoms with Crippen molar-refractivity contribution >= 4 is 23.1 Å². The van der Waals surface area contributed by atoms with E-state index >= 15 is 0 Å². The Balaban J connectivity index is 2.21. The highest BCUT2D eigenvalue weighted by atomic mass is 32.1. The van der Waals surface area contributed by atoms with E-state index in [0.29, 0.717) is 0 Å². The summed E-state index contributed by atoms with van der Waals surface area (Å²) in [6.45, 7) is 2.76. The van der Waals surface area contributed by atoms with Crippen LogP contribution in [0.3, 0.4) is 0 Å². The van der Waals surface area contributed by atoms with Crippen molar-refractivity contribution in [2.24, 2.45) is 0 Å². The summed E-state index contributed by atoms with van der Waals surface area (Å²) in [5.41, 5.74) is 0. The molecular weight excluding hydrogens is 222 g/mol. The van der Waals surface area contributed by atoms with Crippen LogP contribution >= 0.6 is 11.3 Å². The summed E-state index contributed by atoms with van der Waals surface area (Å²) >= 11 is 1.59. The molecule has 88 valence electrons. The van der Waals surface area contributed by atoms with Crippen LogP contribution in [0.4, 0.5) is 5.82 Å². The van der Waals surface area contributed by atoms with E-state index < -0.39 is 0 Å². The second kappa shape index (κ2) is 4.93. The monoisotopic (exact) mass is 239 g/mol. The third-order valence-corrected chi connectivity index (χ3v) is 3.68. The fourth-order valence-corrected chi connectivity index (χ4v) is 2.61. The number of nitrogens with zero attached hydrogens (tertiary/aromatic N) is 2. The Labute approximate surface area is 99.7 Å². The number of aryl methyl sites for hydroxylation is 1. The Morgan fingerprint density at radius 1 is 1.56 bits per heavy atom. The number of hydrogen-bond acceptors (Lipinski definition) is 4. The summed E-state index contributed by atoms with van der Waals surface area (Å²) in [4.78, 5) is 18.4. The molecule has 1 fully saturated rings. The lowest BCUT2D eigenvalue weighted by molar-refractivity contribution is -0.120. The van der Waals surface area contributed by atoms with Gasteiger partial charge in [0, 0.05) is 11.9 Å². The standard InChI is InChI=1S/C11H17N3OS/c1-8-13-10(7-16-8)14-6-4-3-5-9(12-2)11(14)15/h7,9,12H,3-6H2,1-2H3. The van der Waals surface area contributed by atoms with Crippen LogP contribution < -0.4 is 10.2 Å². The zero-order valence-corrected chi connectivity index (χ0v) is 10.5. The van der Waals surface area contributed by atoms with E-state index in [2.05, 4.69) is 10.3 Å². The van der Waals surface area contributed by atoms with Gasteiger partial charge in [0.25, 0.3) is 0 Å². The van der Waals surface area contributed by atoms with Crippen LogP contribution in [0.5, 0.6) is 0 Å². The number of carbonyl (C=O) groups excluding carboxylic acids is 1. The molecule has 5 heteroatoms. The van der Waals surface area contributed by atoms with E-state index in [1.165, 1.54) is 0 Å². The first-order valence-corrected chi connectivity index (χ1v) is 6.51. The lowest BCUT2D eigenvalue weighted by Crippen LogP contribution is -2.44. The maximum absolute atomic E-state index is 12.2. The third kappa shape index (κ3) is 2.25. The maximum Gasteiger partial charge on any atom is 0.245 e. The number of likely N-dealkylation sites (N-methyl/N-ethyl adjacent to an activating group) is 1. The highest BCUT2D eigenvalue weighted by Gasteiger charge is 2.27. The molecule has 1 saturated heterocycles. The van der Waals surface area contributed by atoms with Crippen LogP contribution in [-0.2, 0) is 4.79 Å². The van der Waals surface area contributed by atoms with Gasteiger partial charge in [-0.05, 0) is 33.2 Å². The molecule has 0 spiro atoms. The minimum absolute atomic E-state index is 0.0514. The molecule has 1 aliphatic rings. The van der Waals surface area contributed by atoms with Crippen LogP contribution in [0.15, 0.2) is 5.38 Å². The molecule has 1 aromatic rings. The molecule has 0 aliphatic carbocycles. The summed E-state index contributed by atoms with van der Waals surface area (Å²) in [6, 6.07) is -0.0514. The average Bonchev–Trinajstić information content (AvgIpc) is 2.60. The summed E-state index contributed by atoms with van der Waals surface area (Å²) in [5.74, 6) is 0.972. The van der Waals surface area contributed by atoms with E-state index in [9.17, 15) is 4.79 Å². The van der Waals surface area contributed by atoms with E-state index in [-0.39, 0.29) is 11.9 Å². The minimum atomic E-state index is -0.0514. The number of rotatable bonds is 2. The van der Waals surface area contributed by atoms with Gasteiger partial charge in [-0.25, -0.2) is 4.98 Å². The Morgan fingerprint density at radius 2 is 2.38 bits per heavy atom. The van der Waals surface area contributed by atoms with Gasteiger partial charge in [0.05, 0.1) is 11.0 Å².